The molecule has 0 bridgehead atoms. The number of unbranched alkanes of at least 4 members (excludes halogenated alkanes) is 44. The van der Waals surface area contributed by atoms with Gasteiger partial charge in [0.25, 0.3) is 0 Å². The van der Waals surface area contributed by atoms with Gasteiger partial charge in [0, 0.05) is 0 Å². The fraction of sp³-hybridized carbons (Fsp3) is 0.684. The molecule has 524 valence electrons. The van der Waals surface area contributed by atoms with E-state index in [2.05, 4.69) is 27.7 Å². The maximum absolute atomic E-state index is 12.9. The van der Waals surface area contributed by atoms with Gasteiger partial charge in [0.1, 0.15) is 20.2 Å². The van der Waals surface area contributed by atoms with Crippen LogP contribution in [0.15, 0.2) is 95.5 Å². The molecule has 2 rings (SSSR count). The molecule has 0 heterocycles. The van der Waals surface area contributed by atoms with E-state index in [9.17, 15) is 45.1 Å². The van der Waals surface area contributed by atoms with Crippen molar-refractivity contribution in [3.63, 3.8) is 0 Å². The molecule has 0 spiro atoms. The van der Waals surface area contributed by atoms with Crippen molar-refractivity contribution in [2.24, 2.45) is 0 Å². The SMILES string of the molecule is CCCCCCCCCCCCC/C=C/OC(=O)c1cccc(S(=O)(=O)[O-])c1C(=O)O/C=C/CCCCCCCCCCCCC.CCCCCCCCCCCCC/C=C/OC(=O)c1cccc(S(=O)(=O)[O-])c1C(=O)O/C=C/CCCCCCCCCCCCC.[Ca+2]. The first-order valence-electron chi connectivity index (χ1n) is 36.3. The average molecular weight is 1360 g/mol. The number of hydrogen-bond donors (Lipinski definition) is 0. The van der Waals surface area contributed by atoms with E-state index in [1.165, 1.54) is 268 Å². The molecule has 93 heavy (non-hydrogen) atoms. The van der Waals surface area contributed by atoms with Gasteiger partial charge in [-0.15, -0.1) is 0 Å². The minimum atomic E-state index is -5.04. The van der Waals surface area contributed by atoms with Crippen molar-refractivity contribution in [2.75, 3.05) is 0 Å². The van der Waals surface area contributed by atoms with Gasteiger partial charge >= 0.3 is 61.6 Å². The zero-order valence-electron chi connectivity index (χ0n) is 58.3. The molecule has 14 nitrogen and oxygen atoms in total. The topological polar surface area (TPSA) is 220 Å². The quantitative estimate of drug-likeness (QED) is 0.0150. The summed E-state index contributed by atoms with van der Waals surface area (Å²) >= 11 is 0. The van der Waals surface area contributed by atoms with Crippen molar-refractivity contribution < 1.29 is 64.1 Å². The van der Waals surface area contributed by atoms with E-state index < -0.39 is 65.0 Å². The second-order valence-electron chi connectivity index (χ2n) is 24.7. The van der Waals surface area contributed by atoms with E-state index in [1.807, 2.05) is 0 Å². The predicted octanol–water partition coefficient (Wildman–Crippen LogP) is 22.3. The summed E-state index contributed by atoms with van der Waals surface area (Å²) in [6, 6.07) is 6.95. The van der Waals surface area contributed by atoms with Gasteiger partial charge in [-0.2, -0.15) is 0 Å². The Hall–Kier alpha value is -3.64. The summed E-state index contributed by atoms with van der Waals surface area (Å²) in [5.41, 5.74) is -1.89. The number of rotatable bonds is 58. The molecule has 2 aromatic rings. The molecule has 0 radical (unpaired) electrons. The molecule has 0 aliphatic rings. The zero-order valence-corrected chi connectivity index (χ0v) is 62.1. The zero-order chi connectivity index (χ0) is 67.4. The third-order valence-electron chi connectivity index (χ3n) is 16.4. The summed E-state index contributed by atoms with van der Waals surface area (Å²) in [5, 5.41) is 0. The van der Waals surface area contributed by atoms with E-state index in [0.717, 1.165) is 89.2 Å². The Balaban J connectivity index is 0.00000180. The van der Waals surface area contributed by atoms with Crippen LogP contribution in [0.1, 0.15) is 377 Å². The van der Waals surface area contributed by atoms with Crippen LogP contribution in [0, 0.1) is 0 Å². The Labute approximate surface area is 595 Å². The van der Waals surface area contributed by atoms with Gasteiger partial charge in [-0.3, -0.25) is 0 Å². The van der Waals surface area contributed by atoms with Gasteiger partial charge in [-0.1, -0.05) is 297 Å². The van der Waals surface area contributed by atoms with E-state index in [0.29, 0.717) is 12.8 Å². The van der Waals surface area contributed by atoms with Crippen molar-refractivity contribution >= 4 is 81.9 Å². The van der Waals surface area contributed by atoms with E-state index in [1.54, 1.807) is 24.3 Å². The minimum Gasteiger partial charge on any atom is -0.744 e. The Kier molecular flexibility index (Phi) is 59.5. The minimum absolute atomic E-state index is 0. The standard InChI is InChI=1S/2C38H62O7S.Ca/c2*1-3-5-7-9-11-13-15-17-19-21-23-25-27-32-44-37(39)34-30-29-31-35(46(41,42)43)36(34)38(40)45-33-28-26-24-22-20-18-16-14-12-10-8-6-4-2;/h2*27-33H,3-26H2,1-2H3,(H,41,42,43);/q;;+2/p-2/b2*32-27+,33-28+;. The van der Waals surface area contributed by atoms with Crippen LogP contribution in [0.5, 0.6) is 0 Å². The molecular formula is C76H122CaO14S2. The summed E-state index contributed by atoms with van der Waals surface area (Å²) in [4.78, 5) is 49.6. The summed E-state index contributed by atoms with van der Waals surface area (Å²) in [7, 11) is -10.1. The van der Waals surface area contributed by atoms with Crippen molar-refractivity contribution in [1.82, 2.24) is 0 Å². The van der Waals surface area contributed by atoms with Crippen LogP contribution in [-0.2, 0) is 39.2 Å². The second-order valence-corrected chi connectivity index (χ2v) is 27.4. The van der Waals surface area contributed by atoms with Crippen LogP contribution in [0.25, 0.3) is 0 Å². The molecule has 0 unspecified atom stereocenters. The summed E-state index contributed by atoms with van der Waals surface area (Å²) in [6.07, 6.45) is 69.1. The van der Waals surface area contributed by atoms with Gasteiger partial charge in [0.2, 0.25) is 0 Å². The van der Waals surface area contributed by atoms with Crippen molar-refractivity contribution in [2.45, 2.75) is 346 Å². The third-order valence-corrected chi connectivity index (χ3v) is 18.2. The largest absolute Gasteiger partial charge is 2.00 e. The number of hydrogen-bond acceptors (Lipinski definition) is 14. The van der Waals surface area contributed by atoms with Gasteiger partial charge in [-0.25, -0.2) is 36.0 Å². The summed E-state index contributed by atoms with van der Waals surface area (Å²) in [6.45, 7) is 8.93. The number of ether oxygens (including phenoxy) is 4. The molecule has 0 fully saturated rings. The predicted molar refractivity (Wildman–Crippen MR) is 377 cm³/mol. The number of esters is 4. The maximum Gasteiger partial charge on any atom is 2.00 e. The maximum atomic E-state index is 12.9. The molecular weight excluding hydrogens is 1240 g/mol. The molecule has 2 aromatic carbocycles. The van der Waals surface area contributed by atoms with Crippen LogP contribution in [-0.4, -0.2) is 87.6 Å². The number of allylic oxidation sites excluding steroid dienone is 4. The average Bonchev–Trinajstić information content (AvgIpc) is 0.820. The van der Waals surface area contributed by atoms with Crippen LogP contribution >= 0.6 is 0 Å². The Morgan fingerprint density at radius 1 is 0.301 bits per heavy atom. The van der Waals surface area contributed by atoms with Crippen LogP contribution in [0.3, 0.4) is 0 Å². The Morgan fingerprint density at radius 2 is 0.484 bits per heavy atom. The Morgan fingerprint density at radius 3 is 0.677 bits per heavy atom. The number of carbonyl (C=O) groups excluding carboxylic acids is 4. The molecule has 0 aliphatic heterocycles. The molecule has 0 N–H and O–H groups in total. The molecule has 0 saturated heterocycles. The first-order valence-corrected chi connectivity index (χ1v) is 39.1. The first-order chi connectivity index (χ1) is 44.6. The van der Waals surface area contributed by atoms with Crippen LogP contribution in [0.4, 0.5) is 0 Å². The smallest absolute Gasteiger partial charge is 0.744 e. The fourth-order valence-electron chi connectivity index (χ4n) is 10.9. The van der Waals surface area contributed by atoms with Gasteiger partial charge in [0.15, 0.2) is 0 Å². The molecule has 0 saturated carbocycles. The van der Waals surface area contributed by atoms with Crippen LogP contribution in [0.2, 0.25) is 0 Å². The second kappa shape index (κ2) is 61.9. The normalized spacial score (nSPS) is 11.8. The fourth-order valence-corrected chi connectivity index (χ4v) is 12.3. The third kappa shape index (κ3) is 48.7. The molecule has 0 aromatic heterocycles. The van der Waals surface area contributed by atoms with Crippen LogP contribution < -0.4 is 0 Å². The van der Waals surface area contributed by atoms with Gasteiger partial charge in [-0.05, 0) is 99.9 Å². The summed E-state index contributed by atoms with van der Waals surface area (Å²) in [5.74, 6) is -4.06. The Bertz CT molecular complexity index is 2400. The first kappa shape index (κ1) is 89.4. The molecule has 0 aliphatic carbocycles. The molecule has 17 heteroatoms. The van der Waals surface area contributed by atoms with Gasteiger partial charge in [0.05, 0.1) is 57.1 Å². The van der Waals surface area contributed by atoms with Crippen molar-refractivity contribution in [3.8, 4) is 0 Å². The monoisotopic (exact) mass is 1360 g/mol. The summed E-state index contributed by atoms with van der Waals surface area (Å²) < 4.78 is 91.9. The van der Waals surface area contributed by atoms with Gasteiger partial charge < -0.3 is 28.1 Å². The van der Waals surface area contributed by atoms with E-state index in [4.69, 9.17) is 18.9 Å². The molecule has 0 atom stereocenters. The number of benzene rings is 2. The van der Waals surface area contributed by atoms with E-state index in [-0.39, 0.29) is 48.9 Å². The number of carbonyl (C=O) groups is 4. The van der Waals surface area contributed by atoms with Crippen molar-refractivity contribution in [3.05, 3.63) is 108 Å². The van der Waals surface area contributed by atoms with Crippen molar-refractivity contribution in [1.29, 1.82) is 0 Å². The van der Waals surface area contributed by atoms with E-state index >= 15 is 0 Å². The molecule has 0 amide bonds.